The maximum absolute atomic E-state index is 13.6. The first kappa shape index (κ1) is 72.2. The van der Waals surface area contributed by atoms with E-state index in [9.17, 15) is 19.5 Å². The molecule has 1 heterocycles. The van der Waals surface area contributed by atoms with E-state index in [0.29, 0.717) is 50.5 Å². The Kier molecular flexibility index (Phi) is 33.7. The van der Waals surface area contributed by atoms with E-state index in [1.807, 2.05) is 82.4 Å². The topological polar surface area (TPSA) is 102 Å². The number of ether oxygens (including phenoxy) is 3. The summed E-state index contributed by atoms with van der Waals surface area (Å²) in [5.41, 5.74) is 5.12. The zero-order valence-corrected chi connectivity index (χ0v) is 54.3. The summed E-state index contributed by atoms with van der Waals surface area (Å²) in [6.45, 7) is 24.8. The summed E-state index contributed by atoms with van der Waals surface area (Å²) in [4.78, 5) is 39.4. The quantitative estimate of drug-likeness (QED) is 0.0124. The van der Waals surface area contributed by atoms with Gasteiger partial charge >= 0.3 is 11.9 Å². The fourth-order valence-corrected chi connectivity index (χ4v) is 12.0. The van der Waals surface area contributed by atoms with Crippen molar-refractivity contribution in [2.75, 3.05) is 0 Å². The van der Waals surface area contributed by atoms with Crippen molar-refractivity contribution in [1.29, 1.82) is 0 Å². The lowest BCUT2D eigenvalue weighted by Gasteiger charge is -2.44. The van der Waals surface area contributed by atoms with Crippen LogP contribution in [0.3, 0.4) is 0 Å². The Morgan fingerprint density at radius 1 is 0.530 bits per heavy atom. The molecule has 0 unspecified atom stereocenters. The number of epoxide rings is 1. The van der Waals surface area contributed by atoms with Gasteiger partial charge in [-0.2, -0.15) is 0 Å². The summed E-state index contributed by atoms with van der Waals surface area (Å²) >= 11 is 0. The van der Waals surface area contributed by atoms with Crippen LogP contribution in [-0.2, 0) is 28.6 Å². The number of carbonyl (C=O) groups is 3. The van der Waals surface area contributed by atoms with Crippen LogP contribution in [0.5, 0.6) is 0 Å². The van der Waals surface area contributed by atoms with Gasteiger partial charge in [-0.05, 0) is 154 Å². The van der Waals surface area contributed by atoms with Gasteiger partial charge in [-0.15, -0.1) is 5.73 Å². The van der Waals surface area contributed by atoms with Crippen molar-refractivity contribution in [3.63, 3.8) is 0 Å². The van der Waals surface area contributed by atoms with Crippen LogP contribution < -0.4 is 0 Å². The van der Waals surface area contributed by atoms with E-state index < -0.39 is 16.8 Å². The third kappa shape index (κ3) is 28.1. The molecule has 3 aliphatic rings. The molecule has 0 aromatic carbocycles. The molecule has 2 saturated carbocycles. The number of ketones is 1. The number of carbonyl (C=O) groups excluding carboxylic acids is 3. The first-order valence-electron chi connectivity index (χ1n) is 32.4. The minimum atomic E-state index is -1.14. The number of aliphatic hydroxyl groups is 1. The first-order chi connectivity index (χ1) is 39.6. The van der Waals surface area contributed by atoms with E-state index in [4.69, 9.17) is 14.2 Å². The molecule has 2 aliphatic carbocycles. The second-order valence-electron chi connectivity index (χ2n) is 25.8. The predicted molar refractivity (Wildman–Crippen MR) is 351 cm³/mol. The monoisotopic (exact) mass is 1140 g/mol. The molecule has 0 radical (unpaired) electrons. The van der Waals surface area contributed by atoms with Gasteiger partial charge in [-0.25, -0.2) is 0 Å². The molecule has 1 saturated heterocycles. The Hall–Kier alpha value is -5.07. The fourth-order valence-electron chi connectivity index (χ4n) is 12.0. The summed E-state index contributed by atoms with van der Waals surface area (Å²) in [5.74, 6) is -0.259. The summed E-state index contributed by atoms with van der Waals surface area (Å²) in [6.07, 6.45) is 69.7. The molecule has 1 N–H and O–H groups in total. The smallest absolute Gasteiger partial charge is 0.306 e. The predicted octanol–water partition coefficient (Wildman–Crippen LogP) is 20.6. The number of hydrogen-bond acceptors (Lipinski definition) is 7. The van der Waals surface area contributed by atoms with E-state index in [1.165, 1.54) is 70.6 Å². The molecule has 5 atom stereocenters. The van der Waals surface area contributed by atoms with Gasteiger partial charge in [0, 0.05) is 43.1 Å². The van der Waals surface area contributed by atoms with E-state index in [0.717, 1.165) is 80.1 Å². The number of esters is 2. The van der Waals surface area contributed by atoms with Crippen molar-refractivity contribution in [3.8, 4) is 0 Å². The Labute approximate surface area is 506 Å². The molecule has 0 aromatic rings. The average Bonchev–Trinajstić information content (AvgIpc) is 1.58. The van der Waals surface area contributed by atoms with Crippen LogP contribution in [0, 0.1) is 10.8 Å². The highest BCUT2D eigenvalue weighted by molar-refractivity contribution is 5.96. The highest BCUT2D eigenvalue weighted by Crippen LogP contribution is 2.67. The summed E-state index contributed by atoms with van der Waals surface area (Å²) in [6, 6.07) is 0. The number of unbranched alkanes of at least 4 members (excludes halogenated alkanes) is 13. The molecular formula is C76H114O7. The van der Waals surface area contributed by atoms with Crippen molar-refractivity contribution in [2.45, 2.75) is 285 Å². The van der Waals surface area contributed by atoms with Crippen LogP contribution in [0.1, 0.15) is 256 Å². The molecule has 0 spiro atoms. The van der Waals surface area contributed by atoms with E-state index in [-0.39, 0.29) is 40.8 Å². The summed E-state index contributed by atoms with van der Waals surface area (Å²) in [5, 5.41) is 11.6. The van der Waals surface area contributed by atoms with E-state index >= 15 is 0 Å². The first-order valence-corrected chi connectivity index (χ1v) is 32.4. The molecule has 460 valence electrons. The van der Waals surface area contributed by atoms with Crippen LogP contribution in [0.4, 0.5) is 0 Å². The molecule has 1 aliphatic heterocycles. The lowest BCUT2D eigenvalue weighted by atomic mass is 9.61. The Morgan fingerprint density at radius 3 is 1.53 bits per heavy atom. The van der Waals surface area contributed by atoms with Gasteiger partial charge in [0.05, 0.1) is 11.2 Å². The minimum Gasteiger partial charge on any atom is -0.462 e. The maximum Gasteiger partial charge on any atom is 0.306 e. The van der Waals surface area contributed by atoms with Crippen molar-refractivity contribution in [1.82, 2.24) is 0 Å². The summed E-state index contributed by atoms with van der Waals surface area (Å²) < 4.78 is 18.4. The Morgan fingerprint density at radius 2 is 0.976 bits per heavy atom. The van der Waals surface area contributed by atoms with Crippen molar-refractivity contribution < 1.29 is 33.7 Å². The number of rotatable bonds is 39. The van der Waals surface area contributed by atoms with Crippen molar-refractivity contribution in [3.05, 3.63) is 161 Å². The van der Waals surface area contributed by atoms with E-state index in [1.54, 1.807) is 0 Å². The molecular weight excluding hydrogens is 1020 g/mol. The number of fused-ring (bicyclic) bond motifs is 1. The molecule has 83 heavy (non-hydrogen) atoms. The molecule has 3 fully saturated rings. The number of allylic oxidation sites excluding steroid dienone is 24. The standard InChI is InChI=1S/C76H114O7/c1-13-15-17-19-21-23-25-27-28-29-30-32-34-36-38-40-42-54-71(79)82-67-58-73(9,10)76(75(12,60-67)83-76)61-68(77)65(6)52-46-51-63(4)48-44-43-47-62(3)49-45-50-64(5)55-56-69-72(7,8)57-66(59-74(69,11)80)81-70(78)53-41-39-37-35-33-31-26-24-22-20-18-16-14-2/h21,23-24,26-28,30,32,36,38,43-52,55,66-67,80H,13-20,22,25,29,31,33-35,37,39-42,53-54,57-61H2,1-12H3/b23-21-,26-24-,28-27-,32-30-,38-36-,44-43+,49-45+,51-46+,62-47+,63-48+,64-50+,65-52+/t56?,66-,67-,74+,75+,76-/m0/s1. The lowest BCUT2D eigenvalue weighted by Crippen LogP contribution is -2.49. The zero-order valence-electron chi connectivity index (χ0n) is 54.3. The van der Waals surface area contributed by atoms with Gasteiger partial charge in [0.2, 0.25) is 0 Å². The van der Waals surface area contributed by atoms with Gasteiger partial charge in [-0.3, -0.25) is 14.4 Å². The van der Waals surface area contributed by atoms with Crippen molar-refractivity contribution in [2.24, 2.45) is 10.8 Å². The third-order valence-electron chi connectivity index (χ3n) is 16.7. The fraction of sp³-hybridized carbons (Fsp3) is 0.605. The summed E-state index contributed by atoms with van der Waals surface area (Å²) in [7, 11) is 0. The minimum absolute atomic E-state index is 0.0659. The van der Waals surface area contributed by atoms with Gasteiger partial charge in [0.15, 0.2) is 5.78 Å². The van der Waals surface area contributed by atoms with Crippen LogP contribution in [0.2, 0.25) is 0 Å². The molecule has 0 amide bonds. The van der Waals surface area contributed by atoms with E-state index in [2.05, 4.69) is 134 Å². The average molecular weight is 1140 g/mol. The second kappa shape index (κ2) is 38.8. The highest BCUT2D eigenvalue weighted by Gasteiger charge is 2.76. The zero-order chi connectivity index (χ0) is 61.0. The van der Waals surface area contributed by atoms with Gasteiger partial charge < -0.3 is 19.3 Å². The van der Waals surface area contributed by atoms with Crippen LogP contribution in [0.15, 0.2) is 161 Å². The Bertz CT molecular complexity index is 2420. The van der Waals surface area contributed by atoms with Crippen LogP contribution in [0.25, 0.3) is 0 Å². The van der Waals surface area contributed by atoms with Gasteiger partial charge in [-0.1, -0.05) is 226 Å². The highest BCUT2D eigenvalue weighted by atomic mass is 16.6. The number of Topliss-reactive ketones (excluding diaryl/α,β-unsaturated/α-hetero) is 1. The van der Waals surface area contributed by atoms with Gasteiger partial charge in [0.1, 0.15) is 17.8 Å². The lowest BCUT2D eigenvalue weighted by molar-refractivity contribution is -0.156. The normalized spacial score (nSPS) is 24.2. The number of hydrogen-bond donors (Lipinski definition) is 1. The second-order valence-corrected chi connectivity index (χ2v) is 25.8. The van der Waals surface area contributed by atoms with Crippen LogP contribution >= 0.6 is 0 Å². The molecule has 3 rings (SSSR count). The largest absolute Gasteiger partial charge is 0.462 e. The molecule has 7 heteroatoms. The molecule has 7 nitrogen and oxygen atoms in total. The maximum atomic E-state index is 13.6. The third-order valence-corrected chi connectivity index (χ3v) is 16.7. The van der Waals surface area contributed by atoms with Crippen LogP contribution in [-0.4, -0.2) is 51.8 Å². The Balaban J connectivity index is 1.37. The molecule has 0 aromatic heterocycles. The van der Waals surface area contributed by atoms with Gasteiger partial charge in [0.25, 0.3) is 0 Å². The van der Waals surface area contributed by atoms with Crippen molar-refractivity contribution >= 4 is 17.7 Å². The molecule has 0 bridgehead atoms. The SMILES string of the molecule is CCCCC/C=C\C/C=C\C/C=C\C/C=C\CCCC(=O)O[C@H]1CC(C)(C)[C@]2(CC(=O)/C(C)=C/C=C/C(C)=C/C=C/C=C(C)/C=C/C=C(\C)C=C=C3C(C)(C)C[C@H](OC(=O)CCCCCCC/C=C\CCCCCC)C[C@@]3(C)O)O[C@]2(C)C1.